The van der Waals surface area contributed by atoms with E-state index in [0.717, 1.165) is 63.0 Å². The number of carbonyl (C=O) groups is 1. The zero-order valence-electron chi connectivity index (χ0n) is 19.7. The van der Waals surface area contributed by atoms with Crippen molar-refractivity contribution in [2.24, 2.45) is 4.99 Å². The van der Waals surface area contributed by atoms with E-state index < -0.39 is 0 Å². The zero-order valence-corrected chi connectivity index (χ0v) is 19.7. The number of hydrogen-bond acceptors (Lipinski definition) is 5. The molecule has 1 aromatic carbocycles. The summed E-state index contributed by atoms with van der Waals surface area (Å²) in [6.45, 7) is 11.3. The molecule has 1 amide bonds. The fourth-order valence-corrected chi connectivity index (χ4v) is 3.66. The summed E-state index contributed by atoms with van der Waals surface area (Å²) in [6.07, 6.45) is 1.94. The summed E-state index contributed by atoms with van der Waals surface area (Å²) >= 11 is 0. The molecule has 1 aromatic rings. The molecule has 174 valence electrons. The first-order valence-corrected chi connectivity index (χ1v) is 11.2. The van der Waals surface area contributed by atoms with Crippen molar-refractivity contribution in [2.75, 3.05) is 60.0 Å². The van der Waals surface area contributed by atoms with Gasteiger partial charge < -0.3 is 25.0 Å². The third-order valence-electron chi connectivity index (χ3n) is 5.15. The van der Waals surface area contributed by atoms with Gasteiger partial charge in [0, 0.05) is 45.8 Å². The van der Waals surface area contributed by atoms with E-state index in [0.29, 0.717) is 13.2 Å². The lowest BCUT2D eigenvalue weighted by atomic mass is 10.1. The fraction of sp³-hybridized carbons (Fsp3) is 0.652. The summed E-state index contributed by atoms with van der Waals surface area (Å²) in [4.78, 5) is 20.9. The van der Waals surface area contributed by atoms with Gasteiger partial charge in [-0.3, -0.25) is 14.7 Å². The monoisotopic (exact) mass is 433 g/mol. The van der Waals surface area contributed by atoms with Crippen LogP contribution in [0.3, 0.4) is 0 Å². The predicted octanol–water partition coefficient (Wildman–Crippen LogP) is 1.74. The number of carbonyl (C=O) groups excluding carboxylic acids is 1. The van der Waals surface area contributed by atoms with E-state index in [2.05, 4.69) is 37.6 Å². The number of benzene rings is 1. The van der Waals surface area contributed by atoms with Crippen LogP contribution >= 0.6 is 0 Å². The highest BCUT2D eigenvalue weighted by atomic mass is 16.5. The number of ether oxygens (including phenoxy) is 2. The van der Waals surface area contributed by atoms with Crippen LogP contribution in [-0.2, 0) is 11.2 Å². The van der Waals surface area contributed by atoms with Crippen LogP contribution in [0.25, 0.3) is 0 Å². The molecule has 0 unspecified atom stereocenters. The third-order valence-corrected chi connectivity index (χ3v) is 5.15. The lowest BCUT2D eigenvalue weighted by Crippen LogP contribution is -2.54. The molecule has 1 saturated heterocycles. The highest BCUT2D eigenvalue weighted by Crippen LogP contribution is 2.28. The Kier molecular flexibility index (Phi) is 10.4. The molecule has 0 atom stereocenters. The number of amides is 1. The normalized spacial score (nSPS) is 15.2. The number of aliphatic imine (C=N–C) groups is 1. The van der Waals surface area contributed by atoms with E-state index >= 15 is 0 Å². The Balaban J connectivity index is 1.73. The molecule has 31 heavy (non-hydrogen) atoms. The number of nitrogens with one attached hydrogen (secondary N) is 2. The van der Waals surface area contributed by atoms with E-state index in [-0.39, 0.29) is 11.9 Å². The summed E-state index contributed by atoms with van der Waals surface area (Å²) in [5.41, 5.74) is 1.23. The standard InChI is InChI=1S/C23H39N5O3/c1-6-31-21-16-19(9-10-20(21)30-5)8-7-11-25-23(24-4)28-14-12-27(13-15-28)17-22(29)26-18(2)3/h9-10,16,18H,6-8,11-15,17H2,1-5H3,(H,24,25)(H,26,29). The molecular weight excluding hydrogens is 394 g/mol. The van der Waals surface area contributed by atoms with Crippen molar-refractivity contribution in [1.82, 2.24) is 20.4 Å². The highest BCUT2D eigenvalue weighted by Gasteiger charge is 2.21. The number of methoxy groups -OCH3 is 1. The van der Waals surface area contributed by atoms with E-state index in [1.807, 2.05) is 33.9 Å². The molecule has 1 heterocycles. The van der Waals surface area contributed by atoms with Gasteiger partial charge in [-0.2, -0.15) is 0 Å². The molecule has 0 aromatic heterocycles. The Labute approximate surface area is 187 Å². The van der Waals surface area contributed by atoms with Gasteiger partial charge in [0.1, 0.15) is 0 Å². The minimum Gasteiger partial charge on any atom is -0.493 e. The summed E-state index contributed by atoms with van der Waals surface area (Å²) in [5, 5.41) is 6.43. The quantitative estimate of drug-likeness (QED) is 0.333. The molecule has 1 aliphatic heterocycles. The Morgan fingerprint density at radius 3 is 2.55 bits per heavy atom. The van der Waals surface area contributed by atoms with Crippen LogP contribution in [-0.4, -0.2) is 87.7 Å². The number of aryl methyl sites for hydroxylation is 1. The fourth-order valence-electron chi connectivity index (χ4n) is 3.66. The molecular formula is C23H39N5O3. The molecule has 1 aliphatic rings. The maximum absolute atomic E-state index is 12.0. The van der Waals surface area contributed by atoms with Gasteiger partial charge in [0.25, 0.3) is 0 Å². The minimum atomic E-state index is 0.0944. The third kappa shape index (κ3) is 8.28. The Morgan fingerprint density at radius 1 is 1.19 bits per heavy atom. The lowest BCUT2D eigenvalue weighted by molar-refractivity contribution is -0.123. The minimum absolute atomic E-state index is 0.0944. The molecule has 2 rings (SSSR count). The number of piperazine rings is 1. The average molecular weight is 434 g/mol. The van der Waals surface area contributed by atoms with Crippen LogP contribution in [0, 0.1) is 0 Å². The van der Waals surface area contributed by atoms with Gasteiger partial charge in [-0.05, 0) is 51.3 Å². The molecule has 2 N–H and O–H groups in total. The second-order valence-corrected chi connectivity index (χ2v) is 7.98. The SMILES string of the molecule is CCOc1cc(CCCNC(=NC)N2CCN(CC(=O)NC(C)C)CC2)ccc1OC. The first kappa shape index (κ1) is 24.8. The van der Waals surface area contributed by atoms with Crippen LogP contribution < -0.4 is 20.1 Å². The van der Waals surface area contributed by atoms with Crippen molar-refractivity contribution < 1.29 is 14.3 Å². The van der Waals surface area contributed by atoms with E-state index in [4.69, 9.17) is 9.47 Å². The topological polar surface area (TPSA) is 78.4 Å². The van der Waals surface area contributed by atoms with Crippen LogP contribution in [0.2, 0.25) is 0 Å². The largest absolute Gasteiger partial charge is 0.493 e. The molecule has 0 spiro atoms. The number of nitrogens with zero attached hydrogens (tertiary/aromatic N) is 3. The lowest BCUT2D eigenvalue weighted by Gasteiger charge is -2.36. The first-order chi connectivity index (χ1) is 15.0. The van der Waals surface area contributed by atoms with Crippen molar-refractivity contribution in [3.05, 3.63) is 23.8 Å². The van der Waals surface area contributed by atoms with Crippen molar-refractivity contribution in [3.8, 4) is 11.5 Å². The van der Waals surface area contributed by atoms with Crippen LogP contribution in [0.5, 0.6) is 11.5 Å². The summed E-state index contributed by atoms with van der Waals surface area (Å²) in [7, 11) is 3.48. The van der Waals surface area contributed by atoms with Crippen molar-refractivity contribution in [1.29, 1.82) is 0 Å². The van der Waals surface area contributed by atoms with Gasteiger partial charge in [0.05, 0.1) is 20.3 Å². The van der Waals surface area contributed by atoms with Crippen LogP contribution in [0.15, 0.2) is 23.2 Å². The maximum Gasteiger partial charge on any atom is 0.234 e. The predicted molar refractivity (Wildman–Crippen MR) is 125 cm³/mol. The van der Waals surface area contributed by atoms with E-state index in [1.54, 1.807) is 7.11 Å². The van der Waals surface area contributed by atoms with Crippen molar-refractivity contribution in [2.45, 2.75) is 39.7 Å². The van der Waals surface area contributed by atoms with Gasteiger partial charge in [0.2, 0.25) is 5.91 Å². The Hall–Kier alpha value is -2.48. The van der Waals surface area contributed by atoms with Crippen LogP contribution in [0.4, 0.5) is 0 Å². The smallest absolute Gasteiger partial charge is 0.234 e. The summed E-state index contributed by atoms with van der Waals surface area (Å²) in [5.74, 6) is 2.59. The van der Waals surface area contributed by atoms with Gasteiger partial charge >= 0.3 is 0 Å². The molecule has 0 aliphatic carbocycles. The Morgan fingerprint density at radius 2 is 1.94 bits per heavy atom. The molecule has 0 bridgehead atoms. The molecule has 8 nitrogen and oxygen atoms in total. The first-order valence-electron chi connectivity index (χ1n) is 11.2. The maximum atomic E-state index is 12.0. The van der Waals surface area contributed by atoms with E-state index in [1.165, 1.54) is 5.56 Å². The van der Waals surface area contributed by atoms with Crippen LogP contribution in [0.1, 0.15) is 32.8 Å². The number of guanidine groups is 1. The molecule has 0 saturated carbocycles. The summed E-state index contributed by atoms with van der Waals surface area (Å²) < 4.78 is 11.0. The Bertz CT molecular complexity index is 715. The van der Waals surface area contributed by atoms with Gasteiger partial charge in [-0.25, -0.2) is 0 Å². The summed E-state index contributed by atoms with van der Waals surface area (Å²) in [6, 6.07) is 6.30. The molecule has 0 radical (unpaired) electrons. The van der Waals surface area contributed by atoms with Crippen molar-refractivity contribution >= 4 is 11.9 Å². The van der Waals surface area contributed by atoms with Gasteiger partial charge in [-0.1, -0.05) is 6.07 Å². The number of hydrogen-bond donors (Lipinski definition) is 2. The second kappa shape index (κ2) is 13.0. The molecule has 8 heteroatoms. The second-order valence-electron chi connectivity index (χ2n) is 7.98. The highest BCUT2D eigenvalue weighted by molar-refractivity contribution is 5.80. The van der Waals surface area contributed by atoms with Gasteiger partial charge in [-0.15, -0.1) is 0 Å². The molecule has 1 fully saturated rings. The number of rotatable bonds is 10. The average Bonchev–Trinajstić information content (AvgIpc) is 2.74. The van der Waals surface area contributed by atoms with E-state index in [9.17, 15) is 4.79 Å². The zero-order chi connectivity index (χ0) is 22.6. The van der Waals surface area contributed by atoms with Crippen molar-refractivity contribution in [3.63, 3.8) is 0 Å². The van der Waals surface area contributed by atoms with Gasteiger partial charge in [0.15, 0.2) is 17.5 Å².